The van der Waals surface area contributed by atoms with E-state index in [1.807, 2.05) is 55.9 Å². The van der Waals surface area contributed by atoms with E-state index in [2.05, 4.69) is 15.3 Å². The molecule has 2 amide bonds. The maximum atomic E-state index is 13.1. The van der Waals surface area contributed by atoms with Gasteiger partial charge in [0.15, 0.2) is 0 Å². The smallest absolute Gasteiger partial charge is 0.270 e. The van der Waals surface area contributed by atoms with E-state index >= 15 is 0 Å². The predicted octanol–water partition coefficient (Wildman–Crippen LogP) is 3.69. The van der Waals surface area contributed by atoms with Crippen LogP contribution in [-0.2, 0) is 9.59 Å². The third-order valence-corrected chi connectivity index (χ3v) is 6.16. The van der Waals surface area contributed by atoms with E-state index in [4.69, 9.17) is 0 Å². The van der Waals surface area contributed by atoms with Crippen LogP contribution in [0, 0.1) is 13.8 Å². The quantitative estimate of drug-likeness (QED) is 0.752. The second-order valence-electron chi connectivity index (χ2n) is 8.99. The standard InChI is InChI=1S/C25H31N5O2/c1-16-10-19(13-26-12-16)23-18(3)11-20(14-27-23)28-22(31)15-30-9-5-6-17(2)24(30)25(32)29(4)21-7-8-21/h10-14,21H,5-9,15H2,1-4H3,(H,28,31). The molecule has 1 saturated carbocycles. The number of pyridine rings is 2. The summed E-state index contributed by atoms with van der Waals surface area (Å²) in [6, 6.07) is 4.31. The highest BCUT2D eigenvalue weighted by Crippen LogP contribution is 2.30. The van der Waals surface area contributed by atoms with Crippen LogP contribution < -0.4 is 5.32 Å². The fourth-order valence-corrected chi connectivity index (χ4v) is 4.31. The summed E-state index contributed by atoms with van der Waals surface area (Å²) in [7, 11) is 1.87. The Morgan fingerprint density at radius 1 is 1.16 bits per heavy atom. The number of hydrogen-bond acceptors (Lipinski definition) is 5. The lowest BCUT2D eigenvalue weighted by molar-refractivity contribution is -0.128. The molecule has 2 aromatic rings. The summed E-state index contributed by atoms with van der Waals surface area (Å²) in [6.45, 7) is 6.84. The van der Waals surface area contributed by atoms with Crippen LogP contribution in [-0.4, -0.2) is 57.8 Å². The normalized spacial score (nSPS) is 16.2. The van der Waals surface area contributed by atoms with Crippen molar-refractivity contribution in [3.63, 3.8) is 0 Å². The second kappa shape index (κ2) is 9.10. The molecule has 1 fully saturated rings. The molecule has 32 heavy (non-hydrogen) atoms. The second-order valence-corrected chi connectivity index (χ2v) is 8.99. The number of aromatic nitrogens is 2. The lowest BCUT2D eigenvalue weighted by Crippen LogP contribution is -2.43. The molecule has 0 radical (unpaired) electrons. The van der Waals surface area contributed by atoms with E-state index in [1.54, 1.807) is 12.4 Å². The maximum Gasteiger partial charge on any atom is 0.270 e. The van der Waals surface area contributed by atoms with Crippen LogP contribution in [0.1, 0.15) is 43.7 Å². The summed E-state index contributed by atoms with van der Waals surface area (Å²) < 4.78 is 0. The molecule has 0 aromatic carbocycles. The average molecular weight is 434 g/mol. The summed E-state index contributed by atoms with van der Waals surface area (Å²) in [5, 5.41) is 2.95. The highest BCUT2D eigenvalue weighted by molar-refractivity contribution is 5.97. The van der Waals surface area contributed by atoms with Gasteiger partial charge in [-0.1, -0.05) is 0 Å². The van der Waals surface area contributed by atoms with Crippen molar-refractivity contribution in [2.24, 2.45) is 0 Å². The van der Waals surface area contributed by atoms with E-state index in [9.17, 15) is 9.59 Å². The number of nitrogens with one attached hydrogen (secondary N) is 1. The van der Waals surface area contributed by atoms with Gasteiger partial charge in [0, 0.05) is 37.6 Å². The molecule has 2 aliphatic rings. The van der Waals surface area contributed by atoms with Crippen LogP contribution in [0.25, 0.3) is 11.3 Å². The van der Waals surface area contributed by atoms with Gasteiger partial charge in [-0.15, -0.1) is 0 Å². The zero-order chi connectivity index (χ0) is 22.8. The van der Waals surface area contributed by atoms with Gasteiger partial charge in [0.05, 0.1) is 24.1 Å². The van der Waals surface area contributed by atoms with Crippen molar-refractivity contribution in [1.82, 2.24) is 19.8 Å². The Hall–Kier alpha value is -3.22. The van der Waals surface area contributed by atoms with Crippen molar-refractivity contribution >= 4 is 17.5 Å². The summed E-state index contributed by atoms with van der Waals surface area (Å²) in [5.41, 5.74) is 6.25. The van der Waals surface area contributed by atoms with Crippen LogP contribution >= 0.6 is 0 Å². The fraction of sp³-hybridized carbons (Fsp3) is 0.440. The van der Waals surface area contributed by atoms with Crippen LogP contribution in [0.5, 0.6) is 0 Å². The van der Waals surface area contributed by atoms with E-state index < -0.39 is 0 Å². The highest BCUT2D eigenvalue weighted by atomic mass is 16.2. The van der Waals surface area contributed by atoms with Gasteiger partial charge in [-0.25, -0.2) is 0 Å². The molecule has 7 heteroatoms. The van der Waals surface area contributed by atoms with Crippen LogP contribution in [0.4, 0.5) is 5.69 Å². The first-order chi connectivity index (χ1) is 15.3. The molecule has 0 saturated heterocycles. The number of allylic oxidation sites excluding steroid dienone is 1. The minimum Gasteiger partial charge on any atom is -0.358 e. The van der Waals surface area contributed by atoms with E-state index in [1.165, 1.54) is 0 Å². The Morgan fingerprint density at radius 2 is 1.94 bits per heavy atom. The molecule has 0 bridgehead atoms. The Balaban J connectivity index is 1.45. The lowest BCUT2D eigenvalue weighted by Gasteiger charge is -2.33. The minimum atomic E-state index is -0.148. The fourth-order valence-electron chi connectivity index (χ4n) is 4.31. The van der Waals surface area contributed by atoms with Gasteiger partial charge >= 0.3 is 0 Å². The molecule has 4 rings (SSSR count). The number of hydrogen-bond donors (Lipinski definition) is 1. The minimum absolute atomic E-state index is 0.0335. The number of carbonyl (C=O) groups excluding carboxylic acids is 2. The van der Waals surface area contributed by atoms with E-state index in [0.29, 0.717) is 24.0 Å². The number of amides is 2. The van der Waals surface area contributed by atoms with Crippen molar-refractivity contribution in [2.75, 3.05) is 25.5 Å². The van der Waals surface area contributed by atoms with Crippen molar-refractivity contribution in [3.05, 3.63) is 53.1 Å². The highest BCUT2D eigenvalue weighted by Gasteiger charge is 2.34. The molecule has 1 aliphatic heterocycles. The van der Waals surface area contributed by atoms with Gasteiger partial charge in [-0.2, -0.15) is 0 Å². The summed E-state index contributed by atoms with van der Waals surface area (Å²) in [6.07, 6.45) is 9.26. The molecular weight excluding hydrogens is 402 g/mol. The number of rotatable bonds is 6. The maximum absolute atomic E-state index is 13.1. The zero-order valence-corrected chi connectivity index (χ0v) is 19.3. The lowest BCUT2D eigenvalue weighted by atomic mass is 10.0. The van der Waals surface area contributed by atoms with Gasteiger partial charge in [-0.3, -0.25) is 19.6 Å². The van der Waals surface area contributed by atoms with E-state index in [0.717, 1.165) is 53.6 Å². The number of aryl methyl sites for hydroxylation is 2. The van der Waals surface area contributed by atoms with E-state index in [-0.39, 0.29) is 18.4 Å². The molecule has 1 aliphatic carbocycles. The first kappa shape index (κ1) is 22.0. The van der Waals surface area contributed by atoms with Gasteiger partial charge in [0.2, 0.25) is 5.91 Å². The number of carbonyl (C=O) groups is 2. The van der Waals surface area contributed by atoms with Gasteiger partial charge in [0.1, 0.15) is 5.70 Å². The van der Waals surface area contributed by atoms with Gasteiger partial charge in [0.25, 0.3) is 5.91 Å². The molecule has 0 unspecified atom stereocenters. The molecule has 0 atom stereocenters. The monoisotopic (exact) mass is 433 g/mol. The SMILES string of the molecule is CC1=C(C(=O)N(C)C2CC2)N(CC(=O)Nc2cnc(-c3cncc(C)c3)c(C)c2)CCC1. The summed E-state index contributed by atoms with van der Waals surface area (Å²) in [5.74, 6) is -0.114. The number of anilines is 1. The van der Waals surface area contributed by atoms with Crippen molar-refractivity contribution < 1.29 is 9.59 Å². The Kier molecular flexibility index (Phi) is 6.26. The average Bonchev–Trinajstić information content (AvgIpc) is 3.58. The van der Waals surface area contributed by atoms with Crippen molar-refractivity contribution in [3.8, 4) is 11.3 Å². The molecule has 1 N–H and O–H groups in total. The third-order valence-electron chi connectivity index (χ3n) is 6.16. The van der Waals surface area contributed by atoms with Gasteiger partial charge in [-0.05, 0) is 75.3 Å². The van der Waals surface area contributed by atoms with Crippen molar-refractivity contribution in [1.29, 1.82) is 0 Å². The first-order valence-corrected chi connectivity index (χ1v) is 11.2. The third kappa shape index (κ3) is 4.82. The number of likely N-dealkylation sites (N-methyl/N-ethyl adjacent to an activating group) is 1. The Labute approximate surface area is 189 Å². The van der Waals surface area contributed by atoms with Crippen LogP contribution in [0.15, 0.2) is 42.0 Å². The molecule has 3 heterocycles. The van der Waals surface area contributed by atoms with Gasteiger partial charge < -0.3 is 15.1 Å². The zero-order valence-electron chi connectivity index (χ0n) is 19.3. The molecule has 2 aromatic heterocycles. The Morgan fingerprint density at radius 3 is 2.62 bits per heavy atom. The van der Waals surface area contributed by atoms with Crippen LogP contribution in [0.2, 0.25) is 0 Å². The predicted molar refractivity (Wildman–Crippen MR) is 125 cm³/mol. The molecule has 7 nitrogen and oxygen atoms in total. The first-order valence-electron chi connectivity index (χ1n) is 11.2. The summed E-state index contributed by atoms with van der Waals surface area (Å²) in [4.78, 5) is 38.5. The Bertz CT molecular complexity index is 1070. The summed E-state index contributed by atoms with van der Waals surface area (Å²) >= 11 is 0. The number of nitrogens with zero attached hydrogens (tertiary/aromatic N) is 4. The van der Waals surface area contributed by atoms with Crippen LogP contribution in [0.3, 0.4) is 0 Å². The molecular formula is C25H31N5O2. The molecule has 168 valence electrons. The molecule has 0 spiro atoms. The largest absolute Gasteiger partial charge is 0.358 e. The topological polar surface area (TPSA) is 78.4 Å². The van der Waals surface area contributed by atoms with Crippen molar-refractivity contribution in [2.45, 2.75) is 52.5 Å².